The van der Waals surface area contributed by atoms with Crippen molar-refractivity contribution in [1.29, 1.82) is 0 Å². The van der Waals surface area contributed by atoms with Crippen LogP contribution in [0.25, 0.3) is 11.3 Å². The molecule has 4 N–H and O–H groups in total. The third-order valence-electron chi connectivity index (χ3n) is 6.56. The molecule has 1 amide bonds. The van der Waals surface area contributed by atoms with E-state index in [4.69, 9.17) is 10.7 Å². The molecule has 0 bridgehead atoms. The second-order valence-corrected chi connectivity index (χ2v) is 10.6. The van der Waals surface area contributed by atoms with Crippen LogP contribution in [0.4, 0.5) is 11.6 Å². The standard InChI is InChI=1S/C24H27N5O4S/c1-15-12-14-29(24(15,2)3)22-17(10-11-18(27-22)16-7-4-5-8-19(16)30)23(31)28-34(32,33)20-9-6-13-26-21(20)25/h4-11,13,15,30H,12,14H2,1-3H3,(H2,25,26)(H,28,31). The van der Waals surface area contributed by atoms with E-state index in [1.807, 2.05) is 4.90 Å². The first-order chi connectivity index (χ1) is 16.0. The number of aromatic hydroxyl groups is 1. The number of carbonyl (C=O) groups is 1. The molecular weight excluding hydrogens is 454 g/mol. The lowest BCUT2D eigenvalue weighted by molar-refractivity contribution is 0.0981. The average Bonchev–Trinajstić information content (AvgIpc) is 3.05. The van der Waals surface area contributed by atoms with Crippen molar-refractivity contribution in [2.45, 2.75) is 37.6 Å². The third-order valence-corrected chi connectivity index (χ3v) is 7.94. The molecule has 1 saturated heterocycles. The summed E-state index contributed by atoms with van der Waals surface area (Å²) in [6.45, 7) is 6.90. The van der Waals surface area contributed by atoms with Gasteiger partial charge in [0.25, 0.3) is 15.9 Å². The number of nitrogen functional groups attached to an aromatic ring is 1. The number of para-hydroxylation sites is 1. The largest absolute Gasteiger partial charge is 0.507 e. The maximum absolute atomic E-state index is 13.3. The fourth-order valence-corrected chi connectivity index (χ4v) is 5.19. The molecule has 2 aromatic heterocycles. The van der Waals surface area contributed by atoms with Crippen LogP contribution in [-0.2, 0) is 10.0 Å². The first-order valence-electron chi connectivity index (χ1n) is 10.9. The summed E-state index contributed by atoms with van der Waals surface area (Å²) >= 11 is 0. The van der Waals surface area contributed by atoms with Crippen molar-refractivity contribution in [3.05, 3.63) is 60.3 Å². The van der Waals surface area contributed by atoms with Gasteiger partial charge in [-0.3, -0.25) is 4.79 Å². The van der Waals surface area contributed by atoms with Gasteiger partial charge in [-0.2, -0.15) is 0 Å². The number of hydrogen-bond donors (Lipinski definition) is 3. The quantitative estimate of drug-likeness (QED) is 0.505. The molecule has 0 saturated carbocycles. The highest BCUT2D eigenvalue weighted by atomic mass is 32.2. The van der Waals surface area contributed by atoms with Crippen LogP contribution < -0.4 is 15.4 Å². The summed E-state index contributed by atoms with van der Waals surface area (Å²) in [6.07, 6.45) is 2.26. The number of benzene rings is 1. The highest BCUT2D eigenvalue weighted by Gasteiger charge is 2.41. The van der Waals surface area contributed by atoms with Crippen molar-refractivity contribution in [2.24, 2.45) is 5.92 Å². The number of carbonyl (C=O) groups excluding carboxylic acids is 1. The zero-order chi connectivity index (χ0) is 24.7. The topological polar surface area (TPSA) is 139 Å². The van der Waals surface area contributed by atoms with Crippen LogP contribution in [0.15, 0.2) is 59.6 Å². The number of hydrogen-bond acceptors (Lipinski definition) is 8. The van der Waals surface area contributed by atoms with Crippen LogP contribution in [0.2, 0.25) is 0 Å². The molecule has 0 aliphatic carbocycles. The minimum atomic E-state index is -4.26. The molecule has 9 nitrogen and oxygen atoms in total. The SMILES string of the molecule is CC1CCN(c2nc(-c3ccccc3O)ccc2C(=O)NS(=O)(=O)c2cccnc2N)C1(C)C. The van der Waals surface area contributed by atoms with Crippen molar-refractivity contribution in [1.82, 2.24) is 14.7 Å². The Hall–Kier alpha value is -3.66. The number of phenols is 1. The van der Waals surface area contributed by atoms with Gasteiger partial charge in [0.1, 0.15) is 22.3 Å². The Kier molecular flexibility index (Phi) is 5.94. The van der Waals surface area contributed by atoms with Crippen LogP contribution in [0.1, 0.15) is 37.6 Å². The average molecular weight is 482 g/mol. The molecule has 0 spiro atoms. The molecule has 4 rings (SSSR count). The maximum Gasteiger partial charge on any atom is 0.268 e. The molecule has 1 aromatic carbocycles. The van der Waals surface area contributed by atoms with Gasteiger partial charge in [0.05, 0.1) is 11.3 Å². The smallest absolute Gasteiger partial charge is 0.268 e. The van der Waals surface area contributed by atoms with Gasteiger partial charge in [0, 0.05) is 23.8 Å². The van der Waals surface area contributed by atoms with E-state index in [0.29, 0.717) is 29.5 Å². The summed E-state index contributed by atoms with van der Waals surface area (Å²) in [7, 11) is -4.26. The number of amides is 1. The lowest BCUT2D eigenvalue weighted by atomic mass is 9.90. The van der Waals surface area contributed by atoms with Gasteiger partial charge in [-0.05, 0) is 62.6 Å². The molecule has 10 heteroatoms. The zero-order valence-corrected chi connectivity index (χ0v) is 20.0. The molecule has 1 aliphatic heterocycles. The molecule has 3 heterocycles. The van der Waals surface area contributed by atoms with Gasteiger partial charge in [-0.15, -0.1) is 0 Å². The van der Waals surface area contributed by atoms with E-state index in [9.17, 15) is 18.3 Å². The highest BCUT2D eigenvalue weighted by Crippen LogP contribution is 2.40. The molecule has 0 radical (unpaired) electrons. The number of nitrogens with one attached hydrogen (secondary N) is 1. The van der Waals surface area contributed by atoms with Crippen molar-refractivity contribution in [3.63, 3.8) is 0 Å². The maximum atomic E-state index is 13.3. The van der Waals surface area contributed by atoms with E-state index < -0.39 is 15.9 Å². The lowest BCUT2D eigenvalue weighted by Crippen LogP contribution is -2.43. The first kappa shape index (κ1) is 23.5. The van der Waals surface area contributed by atoms with Gasteiger partial charge >= 0.3 is 0 Å². The Bertz CT molecular complexity index is 1360. The number of sulfonamides is 1. The van der Waals surface area contributed by atoms with E-state index >= 15 is 0 Å². The number of aromatic nitrogens is 2. The fraction of sp³-hybridized carbons (Fsp3) is 0.292. The number of phenolic OH excluding ortho intramolecular Hbond substituents is 1. The van der Waals surface area contributed by atoms with Crippen LogP contribution in [0.3, 0.4) is 0 Å². The van der Waals surface area contributed by atoms with Crippen LogP contribution in [0, 0.1) is 5.92 Å². The highest BCUT2D eigenvalue weighted by molar-refractivity contribution is 7.90. The minimum Gasteiger partial charge on any atom is -0.507 e. The van der Waals surface area contributed by atoms with Crippen molar-refractivity contribution in [3.8, 4) is 17.0 Å². The molecule has 1 fully saturated rings. The second-order valence-electron chi connectivity index (χ2n) is 8.90. The summed E-state index contributed by atoms with van der Waals surface area (Å²) in [4.78, 5) is 23.5. The van der Waals surface area contributed by atoms with E-state index in [1.54, 1.807) is 30.3 Å². The number of rotatable bonds is 5. The number of nitrogens with two attached hydrogens (primary N) is 1. The van der Waals surface area contributed by atoms with Crippen LogP contribution in [0.5, 0.6) is 5.75 Å². The van der Waals surface area contributed by atoms with Crippen molar-refractivity contribution in [2.75, 3.05) is 17.2 Å². The summed E-state index contributed by atoms with van der Waals surface area (Å²) in [5, 5.41) is 10.3. The van der Waals surface area contributed by atoms with Gasteiger partial charge in [-0.1, -0.05) is 19.1 Å². The van der Waals surface area contributed by atoms with Gasteiger partial charge in [0.15, 0.2) is 0 Å². The Labute approximate surface area is 198 Å². The summed E-state index contributed by atoms with van der Waals surface area (Å²) in [5.74, 6) is -0.308. The normalized spacial score (nSPS) is 17.5. The summed E-state index contributed by atoms with van der Waals surface area (Å²) in [6, 6.07) is 12.6. The van der Waals surface area contributed by atoms with E-state index in [0.717, 1.165) is 6.42 Å². The molecule has 34 heavy (non-hydrogen) atoms. The summed E-state index contributed by atoms with van der Waals surface area (Å²) in [5.41, 5.74) is 6.47. The van der Waals surface area contributed by atoms with Crippen LogP contribution >= 0.6 is 0 Å². The Morgan fingerprint density at radius 3 is 2.56 bits per heavy atom. The predicted molar refractivity (Wildman–Crippen MR) is 130 cm³/mol. The van der Waals surface area contributed by atoms with Crippen molar-refractivity contribution >= 4 is 27.6 Å². The predicted octanol–water partition coefficient (Wildman–Crippen LogP) is 3.17. The van der Waals surface area contributed by atoms with Gasteiger partial charge in [0.2, 0.25) is 0 Å². The van der Waals surface area contributed by atoms with Gasteiger partial charge < -0.3 is 15.7 Å². The lowest BCUT2D eigenvalue weighted by Gasteiger charge is -2.36. The van der Waals surface area contributed by atoms with Crippen molar-refractivity contribution < 1.29 is 18.3 Å². The molecule has 178 valence electrons. The second kappa shape index (κ2) is 8.60. The van der Waals surface area contributed by atoms with E-state index in [-0.39, 0.29) is 27.6 Å². The summed E-state index contributed by atoms with van der Waals surface area (Å²) < 4.78 is 27.8. The molecule has 3 aromatic rings. The Morgan fingerprint density at radius 2 is 1.91 bits per heavy atom. The first-order valence-corrected chi connectivity index (χ1v) is 12.4. The fourth-order valence-electron chi connectivity index (χ4n) is 4.14. The Morgan fingerprint density at radius 1 is 1.18 bits per heavy atom. The van der Waals surface area contributed by atoms with Gasteiger partial charge in [-0.25, -0.2) is 23.1 Å². The molecule has 1 atom stereocenters. The third kappa shape index (κ3) is 4.16. The molecule has 1 aliphatic rings. The number of anilines is 2. The molecule has 1 unspecified atom stereocenters. The van der Waals surface area contributed by atoms with E-state index in [2.05, 4.69) is 30.5 Å². The number of pyridine rings is 2. The minimum absolute atomic E-state index is 0.0573. The number of nitrogens with zero attached hydrogens (tertiary/aromatic N) is 3. The zero-order valence-electron chi connectivity index (χ0n) is 19.2. The monoisotopic (exact) mass is 481 g/mol. The molecular formula is C24H27N5O4S. The van der Waals surface area contributed by atoms with E-state index in [1.165, 1.54) is 24.4 Å². The van der Waals surface area contributed by atoms with Crippen LogP contribution in [-0.4, -0.2) is 41.5 Å². The Balaban J connectivity index is 1.80.